The Kier molecular flexibility index (Phi) is 9.25. The van der Waals surface area contributed by atoms with E-state index >= 15 is 0 Å². The summed E-state index contributed by atoms with van der Waals surface area (Å²) in [5, 5.41) is 3.02. The fourth-order valence-corrected chi connectivity index (χ4v) is 5.69. The second kappa shape index (κ2) is 12.6. The zero-order valence-corrected chi connectivity index (χ0v) is 24.1. The highest BCUT2D eigenvalue weighted by Gasteiger charge is 2.50. The molecule has 0 spiro atoms. The molecule has 0 saturated carbocycles. The van der Waals surface area contributed by atoms with Crippen molar-refractivity contribution in [3.63, 3.8) is 0 Å². The first-order chi connectivity index (χ1) is 18.9. The van der Waals surface area contributed by atoms with E-state index in [0.717, 1.165) is 51.4 Å². The van der Waals surface area contributed by atoms with Gasteiger partial charge in [0.2, 0.25) is 0 Å². The van der Waals surface area contributed by atoms with Crippen molar-refractivity contribution in [1.82, 2.24) is 9.80 Å². The number of nitrogen functional groups attached to an aromatic ring is 1. The lowest BCUT2D eigenvalue weighted by atomic mass is 9.98. The number of furan rings is 2. The number of nitrogens with two attached hydrogens (primary N) is 1. The van der Waals surface area contributed by atoms with E-state index in [2.05, 4.69) is 33.0 Å². The van der Waals surface area contributed by atoms with Gasteiger partial charge < -0.3 is 29.7 Å². The van der Waals surface area contributed by atoms with Crippen LogP contribution in [0, 0.1) is 11.8 Å². The second-order valence-electron chi connectivity index (χ2n) is 10.7. The maximum Gasteiger partial charge on any atom is 0.261 e. The van der Waals surface area contributed by atoms with E-state index in [-0.39, 0.29) is 17.7 Å². The standard InChI is InChI=1S/C31H44N4O4/c1-6-10-12-20(8-3)18-34-28(22-14-16-24(32)38-22)26-27(31(34)37)29(23-15-17-25(33-5)39-23)35(30(26)36)19-21(9-4)13-11-7-2/h14-17,20-21,33H,6-13,18-19,32H2,1-5H3. The van der Waals surface area contributed by atoms with E-state index in [4.69, 9.17) is 14.6 Å². The first kappa shape index (κ1) is 28.6. The molecule has 2 unspecified atom stereocenters. The molecule has 2 aliphatic rings. The Hall–Kier alpha value is -3.42. The molecule has 4 heterocycles. The predicted molar refractivity (Wildman–Crippen MR) is 155 cm³/mol. The van der Waals surface area contributed by atoms with Gasteiger partial charge in [0.1, 0.15) is 11.4 Å². The first-order valence-corrected chi connectivity index (χ1v) is 14.6. The van der Waals surface area contributed by atoms with Gasteiger partial charge in [-0.05, 0) is 36.8 Å². The van der Waals surface area contributed by atoms with Gasteiger partial charge in [-0.15, -0.1) is 0 Å². The van der Waals surface area contributed by atoms with Crippen LogP contribution in [0.3, 0.4) is 0 Å². The molecule has 2 amide bonds. The van der Waals surface area contributed by atoms with Crippen LogP contribution in [0.2, 0.25) is 0 Å². The molecule has 4 rings (SSSR count). The summed E-state index contributed by atoms with van der Waals surface area (Å²) in [6, 6.07) is 7.08. The lowest BCUT2D eigenvalue weighted by Crippen LogP contribution is -2.34. The number of hydrogen-bond acceptors (Lipinski definition) is 6. The molecule has 0 radical (unpaired) electrons. The van der Waals surface area contributed by atoms with Gasteiger partial charge in [0.05, 0.1) is 11.1 Å². The van der Waals surface area contributed by atoms with Crippen LogP contribution in [0.5, 0.6) is 0 Å². The van der Waals surface area contributed by atoms with Crippen LogP contribution in [-0.4, -0.2) is 41.8 Å². The summed E-state index contributed by atoms with van der Waals surface area (Å²) in [5.74, 6) is 2.04. The number of fused-ring (bicyclic) bond motifs is 1. The highest BCUT2D eigenvalue weighted by molar-refractivity contribution is 6.29. The van der Waals surface area contributed by atoms with Gasteiger partial charge in [-0.25, -0.2) is 0 Å². The molecule has 8 heteroatoms. The number of amides is 2. The fourth-order valence-electron chi connectivity index (χ4n) is 5.69. The molecule has 2 atom stereocenters. The molecule has 212 valence electrons. The molecule has 2 aliphatic heterocycles. The third-order valence-corrected chi connectivity index (χ3v) is 8.10. The Labute approximate surface area is 232 Å². The Morgan fingerprint density at radius 2 is 1.26 bits per heavy atom. The molecular formula is C31H44N4O4. The lowest BCUT2D eigenvalue weighted by molar-refractivity contribution is -0.124. The Bertz CT molecular complexity index is 1240. The fraction of sp³-hybridized carbons (Fsp3) is 0.548. The van der Waals surface area contributed by atoms with Crippen LogP contribution in [0.15, 0.2) is 44.2 Å². The normalized spacial score (nSPS) is 17.1. The predicted octanol–water partition coefficient (Wildman–Crippen LogP) is 6.74. The maximum absolute atomic E-state index is 14.3. The smallest absolute Gasteiger partial charge is 0.261 e. The van der Waals surface area contributed by atoms with E-state index < -0.39 is 0 Å². The summed E-state index contributed by atoms with van der Waals surface area (Å²) >= 11 is 0. The molecule has 2 aromatic heterocycles. The number of nitrogens with one attached hydrogen (secondary N) is 1. The number of carbonyl (C=O) groups is 2. The Morgan fingerprint density at radius 1 is 0.769 bits per heavy atom. The number of hydrogen-bond donors (Lipinski definition) is 2. The number of carbonyl (C=O) groups excluding carboxylic acids is 2. The van der Waals surface area contributed by atoms with Crippen molar-refractivity contribution in [1.29, 1.82) is 0 Å². The van der Waals surface area contributed by atoms with Gasteiger partial charge >= 0.3 is 0 Å². The summed E-state index contributed by atoms with van der Waals surface area (Å²) in [6.45, 7) is 9.71. The average molecular weight is 537 g/mol. The van der Waals surface area contributed by atoms with Crippen molar-refractivity contribution >= 4 is 35.0 Å². The van der Waals surface area contributed by atoms with Crippen LogP contribution in [0.25, 0.3) is 11.4 Å². The van der Waals surface area contributed by atoms with Crippen molar-refractivity contribution in [3.8, 4) is 0 Å². The largest absolute Gasteiger partial charge is 0.439 e. The Balaban J connectivity index is 1.87. The van der Waals surface area contributed by atoms with E-state index in [1.54, 1.807) is 29.0 Å². The van der Waals surface area contributed by atoms with E-state index in [0.29, 0.717) is 64.9 Å². The van der Waals surface area contributed by atoms with Crippen LogP contribution in [0.1, 0.15) is 90.6 Å². The summed E-state index contributed by atoms with van der Waals surface area (Å²) in [4.78, 5) is 32.1. The summed E-state index contributed by atoms with van der Waals surface area (Å²) < 4.78 is 11.9. The molecule has 39 heavy (non-hydrogen) atoms. The third kappa shape index (κ3) is 5.65. The van der Waals surface area contributed by atoms with Crippen molar-refractivity contribution < 1.29 is 18.4 Å². The highest BCUT2D eigenvalue weighted by Crippen LogP contribution is 2.48. The average Bonchev–Trinajstić information content (AvgIpc) is 3.70. The van der Waals surface area contributed by atoms with E-state index in [1.807, 2.05) is 12.1 Å². The summed E-state index contributed by atoms with van der Waals surface area (Å²) in [7, 11) is 1.78. The summed E-state index contributed by atoms with van der Waals surface area (Å²) in [5.41, 5.74) is 7.83. The minimum Gasteiger partial charge on any atom is -0.439 e. The van der Waals surface area contributed by atoms with Crippen molar-refractivity contribution in [2.24, 2.45) is 11.8 Å². The molecule has 0 saturated heterocycles. The highest BCUT2D eigenvalue weighted by atomic mass is 16.4. The molecule has 0 bridgehead atoms. The minimum absolute atomic E-state index is 0.181. The van der Waals surface area contributed by atoms with Gasteiger partial charge in [-0.1, -0.05) is 66.2 Å². The zero-order chi connectivity index (χ0) is 28.1. The molecule has 8 nitrogen and oxygen atoms in total. The van der Waals surface area contributed by atoms with Gasteiger partial charge in [0.25, 0.3) is 11.8 Å². The number of rotatable bonds is 15. The monoisotopic (exact) mass is 536 g/mol. The van der Waals surface area contributed by atoms with Gasteiger partial charge in [-0.3, -0.25) is 9.59 Å². The lowest BCUT2D eigenvalue weighted by Gasteiger charge is -2.28. The van der Waals surface area contributed by atoms with Crippen LogP contribution >= 0.6 is 0 Å². The summed E-state index contributed by atoms with van der Waals surface area (Å²) in [6.07, 6.45) is 8.32. The zero-order valence-electron chi connectivity index (χ0n) is 24.1. The first-order valence-electron chi connectivity index (χ1n) is 14.6. The van der Waals surface area contributed by atoms with Gasteiger partial charge in [0.15, 0.2) is 23.3 Å². The molecular weight excluding hydrogens is 492 g/mol. The van der Waals surface area contributed by atoms with E-state index in [9.17, 15) is 9.59 Å². The molecule has 0 aliphatic carbocycles. The molecule has 2 aromatic rings. The number of nitrogens with zero attached hydrogens (tertiary/aromatic N) is 2. The Morgan fingerprint density at radius 3 is 1.64 bits per heavy atom. The van der Waals surface area contributed by atoms with Crippen molar-refractivity contribution in [3.05, 3.63) is 46.9 Å². The minimum atomic E-state index is -0.181. The quantitative estimate of drug-likeness (QED) is 0.261. The number of anilines is 2. The topological polar surface area (TPSA) is 105 Å². The van der Waals surface area contributed by atoms with Gasteiger partial charge in [0, 0.05) is 32.3 Å². The maximum atomic E-state index is 14.3. The van der Waals surface area contributed by atoms with E-state index in [1.165, 1.54) is 0 Å². The van der Waals surface area contributed by atoms with Gasteiger partial charge in [-0.2, -0.15) is 0 Å². The van der Waals surface area contributed by atoms with Crippen molar-refractivity contribution in [2.75, 3.05) is 31.2 Å². The van der Waals surface area contributed by atoms with Crippen LogP contribution in [0.4, 0.5) is 11.8 Å². The second-order valence-corrected chi connectivity index (χ2v) is 10.7. The molecule has 3 N–H and O–H groups in total. The third-order valence-electron chi connectivity index (χ3n) is 8.10. The number of unbranched alkanes of at least 4 members (excludes halogenated alkanes) is 2. The SMILES string of the molecule is CCCCC(CC)CN1C(=O)C2=C(c3ccc(NC)o3)N(CC(CC)CCCC)C(=O)C2=C1c1ccc(N)o1. The van der Waals surface area contributed by atoms with Crippen molar-refractivity contribution in [2.45, 2.75) is 79.1 Å². The van der Waals surface area contributed by atoms with Crippen LogP contribution < -0.4 is 11.1 Å². The molecule has 0 fully saturated rings. The molecule has 0 aromatic carbocycles. The van der Waals surface area contributed by atoms with Crippen LogP contribution in [-0.2, 0) is 9.59 Å².